The number of Topliss-reactive ketones (excluding diaryl/α,β-unsaturated/α-hetero) is 1. The van der Waals surface area contributed by atoms with Crippen molar-refractivity contribution in [1.29, 1.82) is 0 Å². The Balaban J connectivity index is 1.13. The minimum absolute atomic E-state index is 0.0385. The maximum atomic E-state index is 13.9. The fraction of sp³-hybridized carbons (Fsp3) is 0.339. The summed E-state index contributed by atoms with van der Waals surface area (Å²) in [6.07, 6.45) is 18.9. The molecule has 0 saturated carbocycles. The van der Waals surface area contributed by atoms with Gasteiger partial charge in [-0.2, -0.15) is 0 Å². The van der Waals surface area contributed by atoms with Gasteiger partial charge in [0.05, 0.1) is 13.0 Å². The van der Waals surface area contributed by atoms with Crippen molar-refractivity contribution in [2.75, 3.05) is 19.0 Å². The van der Waals surface area contributed by atoms with E-state index in [0.717, 1.165) is 82.1 Å². The Morgan fingerprint density at radius 1 is 0.889 bits per heavy atom. The first-order valence-electron chi connectivity index (χ1n) is 22.7. The molecule has 3 N–H and O–H groups in total. The number of carbonyl (C=O) groups excluding carboxylic acids is 1. The van der Waals surface area contributed by atoms with Gasteiger partial charge in [-0.3, -0.25) is 4.79 Å². The summed E-state index contributed by atoms with van der Waals surface area (Å²) < 4.78 is 18.8. The number of aryl methyl sites for hydroxylation is 2. The summed E-state index contributed by atoms with van der Waals surface area (Å²) in [4.78, 5) is 13.9. The molecule has 5 atom stereocenters. The first-order valence-corrected chi connectivity index (χ1v) is 22.7. The lowest BCUT2D eigenvalue weighted by atomic mass is 9.80. The molecule has 7 heteroatoms. The van der Waals surface area contributed by atoms with Crippen molar-refractivity contribution < 1.29 is 29.2 Å². The lowest BCUT2D eigenvalue weighted by molar-refractivity contribution is -0.121. The van der Waals surface area contributed by atoms with Crippen LogP contribution in [0.25, 0.3) is 16.8 Å². The maximum absolute atomic E-state index is 13.9. The monoisotopic (exact) mass is 841 g/mol. The van der Waals surface area contributed by atoms with Crippen molar-refractivity contribution >= 4 is 28.3 Å². The Morgan fingerprint density at radius 3 is 2.59 bits per heavy atom. The molecule has 4 aliphatic rings. The molecule has 2 aliphatic carbocycles. The Hall–Kier alpha value is -6.39. The molecule has 5 aromatic carbocycles. The van der Waals surface area contributed by atoms with Gasteiger partial charge >= 0.3 is 0 Å². The topological polar surface area (TPSA) is 97.3 Å². The number of ether oxygens (including phenoxy) is 3. The van der Waals surface area contributed by atoms with Crippen molar-refractivity contribution in [3.63, 3.8) is 0 Å². The van der Waals surface area contributed by atoms with Crippen molar-refractivity contribution in [3.05, 3.63) is 160 Å². The van der Waals surface area contributed by atoms with Crippen LogP contribution < -0.4 is 14.8 Å². The number of hydrogen-bond donors (Lipinski definition) is 3. The van der Waals surface area contributed by atoms with Crippen LogP contribution in [0.4, 0.5) is 5.69 Å². The van der Waals surface area contributed by atoms with Gasteiger partial charge in [0.2, 0.25) is 0 Å². The lowest BCUT2D eigenvalue weighted by Crippen LogP contribution is -2.24. The molecule has 0 fully saturated rings. The Kier molecular flexibility index (Phi) is 13.9. The van der Waals surface area contributed by atoms with Gasteiger partial charge in [0.1, 0.15) is 36.1 Å². The van der Waals surface area contributed by atoms with Crippen LogP contribution in [-0.4, -0.2) is 35.8 Å². The number of fused-ring (bicyclic) bond motifs is 9. The van der Waals surface area contributed by atoms with E-state index in [4.69, 9.17) is 14.2 Å². The van der Waals surface area contributed by atoms with Crippen LogP contribution >= 0.6 is 0 Å². The van der Waals surface area contributed by atoms with Crippen molar-refractivity contribution in [2.45, 2.75) is 96.2 Å². The molecule has 2 heterocycles. The first-order chi connectivity index (χ1) is 30.8. The number of nitrogens with one attached hydrogen (secondary N) is 1. The molecule has 63 heavy (non-hydrogen) atoms. The molecule has 0 spiro atoms. The van der Waals surface area contributed by atoms with Gasteiger partial charge in [0, 0.05) is 36.6 Å². The highest BCUT2D eigenvalue weighted by Crippen LogP contribution is 2.45. The van der Waals surface area contributed by atoms with Gasteiger partial charge in [-0.05, 0) is 144 Å². The fourth-order valence-corrected chi connectivity index (χ4v) is 9.61. The fourth-order valence-electron chi connectivity index (χ4n) is 9.61. The number of methoxy groups -OCH3 is 1. The molecule has 5 unspecified atom stereocenters. The molecule has 0 aromatic heterocycles. The third-order valence-corrected chi connectivity index (χ3v) is 12.9. The minimum Gasteiger partial charge on any atom is -0.508 e. The Labute approximate surface area is 372 Å². The Morgan fingerprint density at radius 2 is 1.75 bits per heavy atom. The highest BCUT2D eigenvalue weighted by Gasteiger charge is 2.29. The van der Waals surface area contributed by atoms with Crippen LogP contribution in [0.3, 0.4) is 0 Å². The van der Waals surface area contributed by atoms with E-state index >= 15 is 0 Å². The van der Waals surface area contributed by atoms with E-state index in [2.05, 4.69) is 98.0 Å². The summed E-state index contributed by atoms with van der Waals surface area (Å²) >= 11 is 0. The second-order valence-corrected chi connectivity index (χ2v) is 17.3. The molecular formula is C56H59NO6. The molecule has 9 rings (SSSR count). The average Bonchev–Trinajstić information content (AvgIpc) is 3.28. The predicted octanol–water partition coefficient (Wildman–Crippen LogP) is 12.3. The molecular weight excluding hydrogens is 783 g/mol. The van der Waals surface area contributed by atoms with E-state index in [1.807, 2.05) is 48.5 Å². The van der Waals surface area contributed by atoms with E-state index in [-0.39, 0.29) is 41.5 Å². The number of hydrogen-bond acceptors (Lipinski definition) is 7. The largest absolute Gasteiger partial charge is 0.508 e. The SMILES string of the molecule is CCNc1cccc(CCCCC2C=CC(O)=CC2CC2CC(=O)CCc3ccc(OC)c(c3)OCc3ccc4c(c(O)cc5c4c3C=CC5C)C(Cc3ccccc3)C#CO2)c1. The average molecular weight is 842 g/mol. The number of phenols is 1. The van der Waals surface area contributed by atoms with Crippen molar-refractivity contribution in [3.8, 4) is 29.3 Å². The summed E-state index contributed by atoms with van der Waals surface area (Å²) in [7, 11) is 1.64. The summed E-state index contributed by atoms with van der Waals surface area (Å²) in [5, 5.41) is 28.2. The minimum atomic E-state index is -0.519. The number of aromatic hydroxyl groups is 1. The zero-order valence-electron chi connectivity index (χ0n) is 36.7. The van der Waals surface area contributed by atoms with E-state index in [0.29, 0.717) is 43.8 Å². The lowest BCUT2D eigenvalue weighted by Gasteiger charge is -2.28. The highest BCUT2D eigenvalue weighted by molar-refractivity contribution is 6.00. The summed E-state index contributed by atoms with van der Waals surface area (Å²) in [5.74, 6) is 5.03. The normalized spacial score (nSPS) is 20.7. The van der Waals surface area contributed by atoms with Gasteiger partial charge in [-0.25, -0.2) is 0 Å². The number of ketones is 1. The third kappa shape index (κ3) is 10.5. The molecule has 324 valence electrons. The van der Waals surface area contributed by atoms with E-state index in [1.54, 1.807) is 13.2 Å². The van der Waals surface area contributed by atoms with Crippen LogP contribution in [0, 0.1) is 23.9 Å². The number of unbranched alkanes of at least 4 members (excludes halogenated alkanes) is 1. The van der Waals surface area contributed by atoms with Gasteiger partial charge in [0.25, 0.3) is 0 Å². The van der Waals surface area contributed by atoms with Crippen molar-refractivity contribution in [2.24, 2.45) is 11.8 Å². The quantitative estimate of drug-likeness (QED) is 0.0850. The number of rotatable bonds is 12. The standard InChI is InChI=1S/C56H59NO6/c1-4-57-45-16-10-14-39(30-45)13-8-9-15-41-20-23-46(58)32-44(41)33-48-34-47(59)22-18-40-19-26-53(61-3)54(31-40)63-36-43-21-25-50-55(42(27-28-62-48)29-38-11-6-5-7-12-38)52(60)35-51-37(2)17-24-49(43)56(50)51/h5-7,10-12,14,16-17,19-21,23-26,30-32,35,37,41-42,44,48,57-58,60H,4,8-9,13,15,18,22,29,33-34,36H2,1-3H3. The van der Waals surface area contributed by atoms with Crippen LogP contribution in [-0.2, 0) is 35.4 Å². The van der Waals surface area contributed by atoms with Crippen LogP contribution in [0.5, 0.6) is 17.2 Å². The zero-order chi connectivity index (χ0) is 43.7. The van der Waals surface area contributed by atoms with Crippen molar-refractivity contribution in [1.82, 2.24) is 0 Å². The first kappa shape index (κ1) is 43.3. The summed E-state index contributed by atoms with van der Waals surface area (Å²) in [5.41, 5.74) is 8.43. The van der Waals surface area contributed by atoms with E-state index < -0.39 is 12.0 Å². The van der Waals surface area contributed by atoms with Crippen LogP contribution in [0.1, 0.15) is 103 Å². The molecule has 0 radical (unpaired) electrons. The second-order valence-electron chi connectivity index (χ2n) is 17.3. The third-order valence-electron chi connectivity index (χ3n) is 12.9. The maximum Gasteiger partial charge on any atom is 0.161 e. The van der Waals surface area contributed by atoms with Gasteiger partial charge < -0.3 is 29.7 Å². The number of phenolic OH excluding ortho intramolecular Hbond substituents is 1. The highest BCUT2D eigenvalue weighted by atomic mass is 16.5. The number of benzene rings is 5. The van der Waals surface area contributed by atoms with Gasteiger partial charge in [-0.1, -0.05) is 98.2 Å². The summed E-state index contributed by atoms with van der Waals surface area (Å²) in [6, 6.07) is 30.8. The molecule has 0 amide bonds. The molecule has 5 aromatic rings. The number of carbonyl (C=O) groups is 1. The van der Waals surface area contributed by atoms with Crippen LogP contribution in [0.2, 0.25) is 0 Å². The second kappa shape index (κ2) is 20.2. The zero-order valence-corrected chi connectivity index (χ0v) is 36.7. The van der Waals surface area contributed by atoms with E-state index in [9.17, 15) is 15.0 Å². The van der Waals surface area contributed by atoms with E-state index in [1.165, 1.54) is 5.56 Å². The van der Waals surface area contributed by atoms with Crippen LogP contribution in [0.15, 0.2) is 121 Å². The number of anilines is 1. The molecule has 0 saturated heterocycles. The number of aliphatic hydroxyl groups excluding tert-OH is 1. The Bertz CT molecular complexity index is 2580. The summed E-state index contributed by atoms with van der Waals surface area (Å²) in [6.45, 7) is 5.46. The smallest absolute Gasteiger partial charge is 0.161 e. The number of allylic oxidation sites excluding steroid dienone is 4. The van der Waals surface area contributed by atoms with Gasteiger partial charge in [-0.15, -0.1) is 0 Å². The predicted molar refractivity (Wildman–Crippen MR) is 253 cm³/mol. The van der Waals surface area contributed by atoms with Gasteiger partial charge in [0.15, 0.2) is 11.5 Å². The molecule has 7 nitrogen and oxygen atoms in total. The molecule has 2 aliphatic heterocycles. The molecule has 6 bridgehead atoms. The number of aliphatic hydroxyl groups is 1.